The van der Waals surface area contributed by atoms with Gasteiger partial charge in [-0.3, -0.25) is 4.79 Å². The van der Waals surface area contributed by atoms with Crippen LogP contribution in [-0.2, 0) is 9.53 Å². The molecule has 0 aliphatic carbocycles. The quantitative estimate of drug-likeness (QED) is 0.745. The Bertz CT molecular complexity index is 685. The van der Waals surface area contributed by atoms with Crippen LogP contribution in [0.3, 0.4) is 0 Å². The number of tetrazole rings is 1. The van der Waals surface area contributed by atoms with Gasteiger partial charge in [0.2, 0.25) is 11.1 Å². The zero-order valence-corrected chi connectivity index (χ0v) is 14.4. The fourth-order valence-electron chi connectivity index (χ4n) is 2.39. The van der Waals surface area contributed by atoms with E-state index in [4.69, 9.17) is 9.47 Å². The van der Waals surface area contributed by atoms with Crippen molar-refractivity contribution < 1.29 is 14.3 Å². The van der Waals surface area contributed by atoms with Gasteiger partial charge in [-0.1, -0.05) is 11.8 Å². The molecule has 9 heteroatoms. The fourth-order valence-corrected chi connectivity index (χ4v) is 3.28. The lowest BCUT2D eigenvalue weighted by atomic mass is 10.3. The number of morpholine rings is 1. The average Bonchev–Trinajstić information content (AvgIpc) is 3.10. The van der Waals surface area contributed by atoms with E-state index in [9.17, 15) is 4.79 Å². The summed E-state index contributed by atoms with van der Waals surface area (Å²) in [6, 6.07) is 7.42. The first kappa shape index (κ1) is 16.7. The molecule has 1 amide bonds. The molecule has 2 aromatic rings. The van der Waals surface area contributed by atoms with Crippen molar-refractivity contribution in [2.75, 3.05) is 33.4 Å². The van der Waals surface area contributed by atoms with Crippen LogP contribution < -0.4 is 4.74 Å². The minimum atomic E-state index is -0.272. The summed E-state index contributed by atoms with van der Waals surface area (Å²) in [5, 5.41) is 12.1. The summed E-state index contributed by atoms with van der Waals surface area (Å²) in [4.78, 5) is 14.3. The van der Waals surface area contributed by atoms with Gasteiger partial charge in [-0.25, -0.2) is 0 Å². The summed E-state index contributed by atoms with van der Waals surface area (Å²) in [6.45, 7) is 4.31. The first-order chi connectivity index (χ1) is 11.7. The van der Waals surface area contributed by atoms with E-state index in [-0.39, 0.29) is 11.2 Å². The molecule has 24 heavy (non-hydrogen) atoms. The Morgan fingerprint density at radius 1 is 1.29 bits per heavy atom. The van der Waals surface area contributed by atoms with Crippen molar-refractivity contribution in [1.29, 1.82) is 0 Å². The number of methoxy groups -OCH3 is 1. The summed E-state index contributed by atoms with van der Waals surface area (Å²) in [5.74, 6) is 0.837. The summed E-state index contributed by atoms with van der Waals surface area (Å²) in [5.41, 5.74) is 0.814. The predicted molar refractivity (Wildman–Crippen MR) is 88.4 cm³/mol. The number of hydrogen-bond acceptors (Lipinski definition) is 7. The van der Waals surface area contributed by atoms with Crippen LogP contribution in [0.25, 0.3) is 5.69 Å². The van der Waals surface area contributed by atoms with Gasteiger partial charge in [0, 0.05) is 13.1 Å². The summed E-state index contributed by atoms with van der Waals surface area (Å²) < 4.78 is 12.1. The number of hydrogen-bond donors (Lipinski definition) is 0. The molecule has 128 valence electrons. The van der Waals surface area contributed by atoms with Crippen LogP contribution >= 0.6 is 11.8 Å². The molecule has 0 radical (unpaired) electrons. The van der Waals surface area contributed by atoms with Crippen molar-refractivity contribution in [2.45, 2.75) is 17.3 Å². The minimum Gasteiger partial charge on any atom is -0.497 e. The zero-order chi connectivity index (χ0) is 16.9. The zero-order valence-electron chi connectivity index (χ0n) is 13.6. The highest BCUT2D eigenvalue weighted by Gasteiger charge is 2.25. The van der Waals surface area contributed by atoms with Crippen LogP contribution in [-0.4, -0.2) is 69.7 Å². The van der Waals surface area contributed by atoms with Gasteiger partial charge in [0.05, 0.1) is 31.3 Å². The third-order valence-corrected chi connectivity index (χ3v) is 4.73. The van der Waals surface area contributed by atoms with Crippen LogP contribution in [0.4, 0.5) is 0 Å². The number of nitrogens with zero attached hydrogens (tertiary/aromatic N) is 5. The van der Waals surface area contributed by atoms with E-state index < -0.39 is 0 Å². The van der Waals surface area contributed by atoms with Crippen molar-refractivity contribution in [3.63, 3.8) is 0 Å². The first-order valence-electron chi connectivity index (χ1n) is 7.65. The van der Waals surface area contributed by atoms with Crippen LogP contribution in [0.5, 0.6) is 5.75 Å². The SMILES string of the molecule is COc1ccc(-n2nnnc2SC(C)C(=O)N2CCOCC2)cc1. The number of ether oxygens (including phenoxy) is 2. The van der Waals surface area contributed by atoms with E-state index in [0.717, 1.165) is 11.4 Å². The van der Waals surface area contributed by atoms with Gasteiger partial charge in [-0.15, -0.1) is 5.10 Å². The highest BCUT2D eigenvalue weighted by atomic mass is 32.2. The van der Waals surface area contributed by atoms with Gasteiger partial charge in [-0.05, 0) is 41.6 Å². The molecule has 1 unspecified atom stereocenters. The van der Waals surface area contributed by atoms with Crippen molar-refractivity contribution in [3.05, 3.63) is 24.3 Å². The Labute approximate surface area is 144 Å². The summed E-state index contributed by atoms with van der Waals surface area (Å²) in [6.07, 6.45) is 0. The molecule has 1 atom stereocenters. The molecule has 1 aromatic heterocycles. The Balaban J connectivity index is 1.71. The molecule has 1 aromatic carbocycles. The van der Waals surface area contributed by atoms with Crippen molar-refractivity contribution in [3.8, 4) is 11.4 Å². The second kappa shape index (κ2) is 7.63. The highest BCUT2D eigenvalue weighted by Crippen LogP contribution is 2.25. The van der Waals surface area contributed by atoms with E-state index in [1.54, 1.807) is 11.8 Å². The van der Waals surface area contributed by atoms with Crippen molar-refractivity contribution >= 4 is 17.7 Å². The van der Waals surface area contributed by atoms with E-state index >= 15 is 0 Å². The lowest BCUT2D eigenvalue weighted by Crippen LogP contribution is -2.44. The minimum absolute atomic E-state index is 0.0765. The highest BCUT2D eigenvalue weighted by molar-refractivity contribution is 8.00. The predicted octanol–water partition coefficient (Wildman–Crippen LogP) is 1.01. The molecule has 2 heterocycles. The number of thioether (sulfide) groups is 1. The molecule has 0 spiro atoms. The average molecular weight is 349 g/mol. The molecular weight excluding hydrogens is 330 g/mol. The lowest BCUT2D eigenvalue weighted by Gasteiger charge is -2.28. The Morgan fingerprint density at radius 2 is 2.00 bits per heavy atom. The van der Waals surface area contributed by atoms with Gasteiger partial charge in [0.15, 0.2) is 0 Å². The summed E-state index contributed by atoms with van der Waals surface area (Å²) >= 11 is 1.35. The molecular formula is C15H19N5O3S. The lowest BCUT2D eigenvalue weighted by molar-refractivity contribution is -0.134. The molecule has 0 N–H and O–H groups in total. The Morgan fingerprint density at radius 3 is 2.67 bits per heavy atom. The van der Waals surface area contributed by atoms with Crippen molar-refractivity contribution in [1.82, 2.24) is 25.1 Å². The molecule has 0 bridgehead atoms. The number of aromatic nitrogens is 4. The number of amides is 1. The standard InChI is InChI=1S/C15H19N5O3S/c1-11(14(21)19-7-9-23-10-8-19)24-15-16-17-18-20(15)12-3-5-13(22-2)6-4-12/h3-6,11H,7-10H2,1-2H3. The second-order valence-corrected chi connectivity index (χ2v) is 6.58. The number of carbonyl (C=O) groups is 1. The Kier molecular flexibility index (Phi) is 5.31. The number of benzene rings is 1. The topological polar surface area (TPSA) is 82.4 Å². The maximum Gasteiger partial charge on any atom is 0.236 e. The van der Waals surface area contributed by atoms with Crippen LogP contribution in [0.1, 0.15) is 6.92 Å². The van der Waals surface area contributed by atoms with Gasteiger partial charge < -0.3 is 14.4 Å². The van der Waals surface area contributed by atoms with Gasteiger partial charge >= 0.3 is 0 Å². The van der Waals surface area contributed by atoms with Crippen LogP contribution in [0, 0.1) is 0 Å². The van der Waals surface area contributed by atoms with Gasteiger partial charge in [0.25, 0.3) is 0 Å². The maximum absolute atomic E-state index is 12.5. The smallest absolute Gasteiger partial charge is 0.236 e. The van der Waals surface area contributed by atoms with E-state index in [1.165, 1.54) is 11.8 Å². The maximum atomic E-state index is 12.5. The molecule has 0 saturated carbocycles. The molecule has 1 aliphatic rings. The molecule has 1 saturated heterocycles. The van der Waals surface area contributed by atoms with Crippen molar-refractivity contribution in [2.24, 2.45) is 0 Å². The second-order valence-electron chi connectivity index (χ2n) is 5.27. The first-order valence-corrected chi connectivity index (χ1v) is 8.53. The number of rotatable bonds is 5. The third kappa shape index (κ3) is 3.68. The van der Waals surface area contributed by atoms with E-state index in [2.05, 4.69) is 15.5 Å². The molecule has 8 nitrogen and oxygen atoms in total. The van der Waals surface area contributed by atoms with Gasteiger partial charge in [-0.2, -0.15) is 4.68 Å². The Hall–Kier alpha value is -2.13. The number of carbonyl (C=O) groups excluding carboxylic acids is 1. The largest absolute Gasteiger partial charge is 0.497 e. The molecule has 3 rings (SSSR count). The summed E-state index contributed by atoms with van der Waals surface area (Å²) in [7, 11) is 1.62. The normalized spacial score (nSPS) is 16.0. The van der Waals surface area contributed by atoms with E-state index in [0.29, 0.717) is 31.5 Å². The molecule has 1 fully saturated rings. The van der Waals surface area contributed by atoms with Crippen LogP contribution in [0.15, 0.2) is 29.4 Å². The monoisotopic (exact) mass is 349 g/mol. The fraction of sp³-hybridized carbons (Fsp3) is 0.467. The van der Waals surface area contributed by atoms with Gasteiger partial charge in [0.1, 0.15) is 5.75 Å². The van der Waals surface area contributed by atoms with Crippen LogP contribution in [0.2, 0.25) is 0 Å². The molecule has 1 aliphatic heterocycles. The van der Waals surface area contributed by atoms with E-state index in [1.807, 2.05) is 36.1 Å². The third-order valence-electron chi connectivity index (χ3n) is 3.71.